The SMILES string of the molecule is O=C(OCc1ccccc1)N1C[C@@H]2C[C@]2(C(=O)O)C1. The summed E-state index contributed by atoms with van der Waals surface area (Å²) in [6, 6.07) is 9.43. The Kier molecular flexibility index (Phi) is 2.69. The minimum absolute atomic E-state index is 0.106. The molecule has 2 aliphatic rings. The molecule has 0 spiro atoms. The molecule has 0 unspecified atom stereocenters. The minimum Gasteiger partial charge on any atom is -0.481 e. The van der Waals surface area contributed by atoms with Gasteiger partial charge in [-0.05, 0) is 17.9 Å². The van der Waals surface area contributed by atoms with E-state index in [4.69, 9.17) is 9.84 Å². The standard InChI is InChI=1S/C14H15NO4/c16-12(17)14-6-11(14)7-15(9-14)13(18)19-8-10-4-2-1-3-5-10/h1-5,11H,6-9H2,(H,16,17)/t11-,14-/m0/s1. The second-order valence-corrected chi connectivity index (χ2v) is 5.28. The number of hydrogen-bond acceptors (Lipinski definition) is 3. The lowest BCUT2D eigenvalue weighted by Gasteiger charge is -2.19. The molecule has 1 saturated carbocycles. The molecule has 1 aliphatic heterocycles. The first-order valence-electron chi connectivity index (χ1n) is 6.31. The Balaban J connectivity index is 1.54. The van der Waals surface area contributed by atoms with Crippen molar-refractivity contribution < 1.29 is 19.4 Å². The average molecular weight is 261 g/mol. The van der Waals surface area contributed by atoms with Crippen LogP contribution in [0.25, 0.3) is 0 Å². The maximum atomic E-state index is 11.9. The highest BCUT2D eigenvalue weighted by Crippen LogP contribution is 2.57. The number of fused-ring (bicyclic) bond motifs is 1. The van der Waals surface area contributed by atoms with Crippen LogP contribution in [-0.2, 0) is 16.1 Å². The highest BCUT2D eigenvalue weighted by atomic mass is 16.6. The van der Waals surface area contributed by atoms with Crippen molar-refractivity contribution >= 4 is 12.1 Å². The van der Waals surface area contributed by atoms with Gasteiger partial charge in [-0.2, -0.15) is 0 Å². The van der Waals surface area contributed by atoms with Crippen molar-refractivity contribution in [3.8, 4) is 0 Å². The molecule has 1 heterocycles. The van der Waals surface area contributed by atoms with E-state index in [1.165, 1.54) is 4.90 Å². The third kappa shape index (κ3) is 2.05. The summed E-state index contributed by atoms with van der Waals surface area (Å²) in [6.07, 6.45) is 0.266. The van der Waals surface area contributed by atoms with Crippen molar-refractivity contribution in [2.75, 3.05) is 13.1 Å². The van der Waals surface area contributed by atoms with Crippen LogP contribution in [0, 0.1) is 11.3 Å². The number of hydrogen-bond donors (Lipinski definition) is 1. The fourth-order valence-corrected chi connectivity index (χ4v) is 2.76. The van der Waals surface area contributed by atoms with Gasteiger partial charge < -0.3 is 14.7 Å². The molecule has 100 valence electrons. The predicted molar refractivity (Wildman–Crippen MR) is 66.4 cm³/mol. The monoisotopic (exact) mass is 261 g/mol. The quantitative estimate of drug-likeness (QED) is 0.899. The zero-order chi connectivity index (χ0) is 13.5. The van der Waals surface area contributed by atoms with E-state index in [0.29, 0.717) is 13.0 Å². The van der Waals surface area contributed by atoms with Gasteiger partial charge in [0.05, 0.1) is 5.41 Å². The molecular weight excluding hydrogens is 246 g/mol. The first kappa shape index (κ1) is 12.0. The number of benzene rings is 1. The second kappa shape index (κ2) is 4.26. The van der Waals surface area contributed by atoms with Crippen molar-refractivity contribution in [2.24, 2.45) is 11.3 Å². The molecule has 3 rings (SSSR count). The lowest BCUT2D eigenvalue weighted by molar-refractivity contribution is -0.143. The summed E-state index contributed by atoms with van der Waals surface area (Å²) < 4.78 is 5.20. The number of piperidine rings is 1. The first-order valence-corrected chi connectivity index (χ1v) is 6.31. The molecule has 5 heteroatoms. The average Bonchev–Trinajstić information content (AvgIpc) is 3.00. The lowest BCUT2D eigenvalue weighted by Crippen LogP contribution is -2.34. The Hall–Kier alpha value is -2.04. The number of amides is 1. The number of carboxylic acids is 1. The highest BCUT2D eigenvalue weighted by Gasteiger charge is 2.66. The van der Waals surface area contributed by atoms with Crippen LogP contribution in [0.15, 0.2) is 30.3 Å². The highest BCUT2D eigenvalue weighted by molar-refractivity contribution is 5.81. The fourth-order valence-electron chi connectivity index (χ4n) is 2.76. The van der Waals surface area contributed by atoms with Crippen LogP contribution < -0.4 is 0 Å². The molecule has 2 fully saturated rings. The third-order valence-corrected chi connectivity index (χ3v) is 4.04. The van der Waals surface area contributed by atoms with Gasteiger partial charge in [-0.3, -0.25) is 4.79 Å². The molecule has 2 atom stereocenters. The van der Waals surface area contributed by atoms with Crippen molar-refractivity contribution in [1.82, 2.24) is 4.90 Å². The summed E-state index contributed by atoms with van der Waals surface area (Å²) in [6.45, 7) is 1.00. The Bertz CT molecular complexity index is 515. The molecule has 0 radical (unpaired) electrons. The van der Waals surface area contributed by atoms with Gasteiger partial charge in [0.2, 0.25) is 0 Å². The molecule has 1 N–H and O–H groups in total. The number of likely N-dealkylation sites (tertiary alicyclic amines) is 1. The molecule has 5 nitrogen and oxygen atoms in total. The summed E-state index contributed by atoms with van der Waals surface area (Å²) in [5.41, 5.74) is 0.235. The zero-order valence-electron chi connectivity index (χ0n) is 10.4. The molecule has 0 bridgehead atoms. The smallest absolute Gasteiger partial charge is 0.410 e. The van der Waals surface area contributed by atoms with E-state index >= 15 is 0 Å². The molecule has 1 saturated heterocycles. The fraction of sp³-hybridized carbons (Fsp3) is 0.429. The van der Waals surface area contributed by atoms with Crippen molar-refractivity contribution in [1.29, 1.82) is 0 Å². The van der Waals surface area contributed by atoms with Crippen molar-refractivity contribution in [3.05, 3.63) is 35.9 Å². The Morgan fingerprint density at radius 2 is 2.11 bits per heavy atom. The summed E-state index contributed by atoms with van der Waals surface area (Å²) in [7, 11) is 0. The summed E-state index contributed by atoms with van der Waals surface area (Å²) in [5, 5.41) is 9.14. The van der Waals surface area contributed by atoms with E-state index in [-0.39, 0.29) is 19.1 Å². The molecular formula is C14H15NO4. The van der Waals surface area contributed by atoms with E-state index < -0.39 is 17.5 Å². The Morgan fingerprint density at radius 3 is 2.74 bits per heavy atom. The van der Waals surface area contributed by atoms with Crippen LogP contribution in [-0.4, -0.2) is 35.2 Å². The van der Waals surface area contributed by atoms with E-state index in [2.05, 4.69) is 0 Å². The van der Waals surface area contributed by atoms with E-state index in [0.717, 1.165) is 5.56 Å². The number of carbonyl (C=O) groups excluding carboxylic acids is 1. The summed E-state index contributed by atoms with van der Waals surface area (Å²) in [4.78, 5) is 24.5. The number of carboxylic acid groups (broad SMARTS) is 1. The van der Waals surface area contributed by atoms with Gasteiger partial charge in [0.25, 0.3) is 0 Å². The predicted octanol–water partition coefficient (Wildman–Crippen LogP) is 1.73. The van der Waals surface area contributed by atoms with Crippen LogP contribution in [0.1, 0.15) is 12.0 Å². The summed E-state index contributed by atoms with van der Waals surface area (Å²) >= 11 is 0. The number of nitrogens with zero attached hydrogens (tertiary/aromatic N) is 1. The Morgan fingerprint density at radius 1 is 1.37 bits per heavy atom. The van der Waals surface area contributed by atoms with Gasteiger partial charge >= 0.3 is 12.1 Å². The van der Waals surface area contributed by atoms with Crippen LogP contribution in [0.3, 0.4) is 0 Å². The molecule has 1 aromatic rings. The van der Waals surface area contributed by atoms with Crippen LogP contribution >= 0.6 is 0 Å². The normalized spacial score (nSPS) is 27.8. The third-order valence-electron chi connectivity index (χ3n) is 4.04. The lowest BCUT2D eigenvalue weighted by atomic mass is 10.1. The first-order chi connectivity index (χ1) is 9.12. The van der Waals surface area contributed by atoms with E-state index in [1.54, 1.807) is 0 Å². The molecule has 0 aromatic heterocycles. The van der Waals surface area contributed by atoms with Crippen LogP contribution in [0.2, 0.25) is 0 Å². The number of carbonyl (C=O) groups is 2. The molecule has 1 aliphatic carbocycles. The van der Waals surface area contributed by atoms with Gasteiger partial charge in [0.1, 0.15) is 6.61 Å². The van der Waals surface area contributed by atoms with Gasteiger partial charge in [0, 0.05) is 13.1 Å². The maximum Gasteiger partial charge on any atom is 0.410 e. The van der Waals surface area contributed by atoms with Gasteiger partial charge in [-0.1, -0.05) is 30.3 Å². The topological polar surface area (TPSA) is 66.8 Å². The number of rotatable bonds is 3. The minimum atomic E-state index is -0.796. The summed E-state index contributed by atoms with van der Waals surface area (Å²) in [5.74, 6) is -0.690. The molecule has 1 aromatic carbocycles. The number of ether oxygens (including phenoxy) is 1. The van der Waals surface area contributed by atoms with Crippen LogP contribution in [0.5, 0.6) is 0 Å². The Labute approximate surface area is 110 Å². The van der Waals surface area contributed by atoms with E-state index in [9.17, 15) is 9.59 Å². The van der Waals surface area contributed by atoms with E-state index in [1.807, 2.05) is 30.3 Å². The maximum absolute atomic E-state index is 11.9. The molecule has 19 heavy (non-hydrogen) atoms. The van der Waals surface area contributed by atoms with Crippen molar-refractivity contribution in [3.63, 3.8) is 0 Å². The number of aliphatic carboxylic acids is 1. The van der Waals surface area contributed by atoms with Gasteiger partial charge in [-0.25, -0.2) is 4.79 Å². The largest absolute Gasteiger partial charge is 0.481 e. The molecule has 1 amide bonds. The van der Waals surface area contributed by atoms with Crippen molar-refractivity contribution in [2.45, 2.75) is 13.0 Å². The van der Waals surface area contributed by atoms with Gasteiger partial charge in [-0.15, -0.1) is 0 Å². The van der Waals surface area contributed by atoms with Gasteiger partial charge in [0.15, 0.2) is 0 Å². The van der Waals surface area contributed by atoms with Crippen LogP contribution in [0.4, 0.5) is 4.79 Å². The zero-order valence-corrected chi connectivity index (χ0v) is 10.4. The second-order valence-electron chi connectivity index (χ2n) is 5.28.